The van der Waals surface area contributed by atoms with Crippen LogP contribution in [0.4, 0.5) is 15.7 Å². The fourth-order valence-corrected chi connectivity index (χ4v) is 9.10. The molecule has 4 aromatic heterocycles. The predicted molar refractivity (Wildman–Crippen MR) is 240 cm³/mol. The molecule has 324 valence electrons. The highest BCUT2D eigenvalue weighted by molar-refractivity contribution is 7.97. The van der Waals surface area contributed by atoms with Gasteiger partial charge in [-0.1, -0.05) is 42.7 Å². The number of carbonyl (C=O) groups excluding carboxylic acids is 4. The Morgan fingerprint density at radius 3 is 2.57 bits per heavy atom. The van der Waals surface area contributed by atoms with Crippen molar-refractivity contribution < 1.29 is 29.0 Å². The number of aliphatic hydroxyl groups is 1. The molecule has 1 saturated carbocycles. The lowest BCUT2D eigenvalue weighted by Crippen LogP contribution is -2.39. The number of hydrogen-bond donors (Lipinski definition) is 3. The standard InChI is InChI=1S/C43H51N9O5S2.CH4O/c1-28-33(25-45-52(28)26-29-11-6-5-7-12-29)31-16-17-36(47-37(31)39(55)49-58-24-22-50(20-10-23-53)42(56)57-43(2,3)4)51-21-18-30-13-8-14-32(34(30)27-51)38(54)48-41-46-35-15-9-19-44-40(35)59-41;1-2/h8-9,13-17,19,23,25,29H,5-7,10-12,18,20-22,24,26-27H2,1-4H3,(H,49,55)(H,46,48,54);2H,1H3. The third kappa shape index (κ3) is 11.5. The number of nitrogens with one attached hydrogen (secondary N) is 2. The smallest absolute Gasteiger partial charge is 0.410 e. The summed E-state index contributed by atoms with van der Waals surface area (Å²) in [5.41, 5.74) is 5.31. The summed E-state index contributed by atoms with van der Waals surface area (Å²) in [6.07, 6.45) is 10.8. The molecule has 0 atom stereocenters. The lowest BCUT2D eigenvalue weighted by Gasteiger charge is -2.31. The number of amides is 3. The first kappa shape index (κ1) is 45.1. The zero-order chi connectivity index (χ0) is 43.5. The Hall–Kier alpha value is -5.39. The molecule has 7 rings (SSSR count). The number of thiazole rings is 1. The van der Waals surface area contributed by atoms with Crippen molar-refractivity contribution >= 4 is 68.8 Å². The second-order valence-electron chi connectivity index (χ2n) is 16.0. The molecule has 15 nitrogen and oxygen atoms in total. The van der Waals surface area contributed by atoms with E-state index >= 15 is 0 Å². The Morgan fingerprint density at radius 2 is 1.82 bits per heavy atom. The molecule has 0 unspecified atom stereocenters. The minimum atomic E-state index is -0.688. The van der Waals surface area contributed by atoms with E-state index < -0.39 is 11.7 Å². The van der Waals surface area contributed by atoms with Crippen LogP contribution in [0.25, 0.3) is 21.5 Å². The van der Waals surface area contributed by atoms with Crippen molar-refractivity contribution in [2.45, 2.75) is 91.3 Å². The van der Waals surface area contributed by atoms with Gasteiger partial charge in [-0.05, 0) is 106 Å². The number of hydrogen-bond acceptors (Lipinski definition) is 13. The SMILES string of the molecule is CO.Cc1c(-c2ccc(N3CCc4cccc(C(=O)Nc5nc6cccnc6s5)c4C3)nc2C(=O)NSCCN(CCC=O)C(=O)OC(C)(C)C)cnn1CC1CCCCC1. The molecule has 5 aromatic rings. The summed E-state index contributed by atoms with van der Waals surface area (Å²) in [4.78, 5) is 70.1. The molecule has 0 bridgehead atoms. The first-order chi connectivity index (χ1) is 29.5. The quantitative estimate of drug-likeness (QED) is 0.0569. The van der Waals surface area contributed by atoms with Crippen LogP contribution in [-0.4, -0.2) is 97.0 Å². The lowest BCUT2D eigenvalue weighted by atomic mass is 9.89. The fraction of sp³-hybridized carbons (Fsp3) is 0.455. The zero-order valence-electron chi connectivity index (χ0n) is 35.5. The van der Waals surface area contributed by atoms with Gasteiger partial charge in [-0.3, -0.25) is 24.3 Å². The summed E-state index contributed by atoms with van der Waals surface area (Å²) in [5.74, 6) is 0.914. The number of carbonyl (C=O) groups is 4. The molecule has 5 heterocycles. The molecule has 61 heavy (non-hydrogen) atoms. The molecule has 17 heteroatoms. The lowest BCUT2D eigenvalue weighted by molar-refractivity contribution is -0.108. The number of ether oxygens (including phenoxy) is 1. The monoisotopic (exact) mass is 869 g/mol. The number of aldehydes is 1. The van der Waals surface area contributed by atoms with Crippen LogP contribution in [0.1, 0.15) is 97.0 Å². The molecule has 1 aliphatic carbocycles. The van der Waals surface area contributed by atoms with E-state index in [-0.39, 0.29) is 37.0 Å². The van der Waals surface area contributed by atoms with Crippen LogP contribution >= 0.6 is 23.3 Å². The van der Waals surface area contributed by atoms with Crippen molar-refractivity contribution in [2.75, 3.05) is 42.7 Å². The Kier molecular flexibility index (Phi) is 15.5. The summed E-state index contributed by atoms with van der Waals surface area (Å²) in [6, 6.07) is 13.3. The second-order valence-corrected chi connectivity index (χ2v) is 17.9. The van der Waals surface area contributed by atoms with Crippen LogP contribution in [0, 0.1) is 12.8 Å². The molecule has 1 fully saturated rings. The van der Waals surface area contributed by atoms with Gasteiger partial charge in [0.05, 0.1) is 6.20 Å². The van der Waals surface area contributed by atoms with E-state index in [0.717, 1.165) is 64.6 Å². The summed E-state index contributed by atoms with van der Waals surface area (Å²) in [6.45, 7) is 9.79. The van der Waals surface area contributed by atoms with Gasteiger partial charge in [0.2, 0.25) is 0 Å². The highest BCUT2D eigenvalue weighted by Crippen LogP contribution is 2.33. The molecule has 0 saturated heterocycles. The molecule has 0 spiro atoms. The fourth-order valence-electron chi connectivity index (χ4n) is 7.65. The van der Waals surface area contributed by atoms with E-state index in [1.807, 2.05) is 55.6 Å². The summed E-state index contributed by atoms with van der Waals surface area (Å²) in [7, 11) is 1.00. The number of pyridine rings is 2. The molecular weight excluding hydrogens is 815 g/mol. The molecule has 3 amide bonds. The van der Waals surface area contributed by atoms with Gasteiger partial charge in [-0.2, -0.15) is 5.10 Å². The summed E-state index contributed by atoms with van der Waals surface area (Å²) in [5, 5.41) is 15.2. The average molecular weight is 870 g/mol. The van der Waals surface area contributed by atoms with E-state index in [0.29, 0.717) is 53.3 Å². The van der Waals surface area contributed by atoms with Gasteiger partial charge in [0.25, 0.3) is 11.8 Å². The molecule has 2 aliphatic rings. The van der Waals surface area contributed by atoms with E-state index in [4.69, 9.17) is 19.9 Å². The maximum atomic E-state index is 14.2. The van der Waals surface area contributed by atoms with Crippen molar-refractivity contribution in [2.24, 2.45) is 5.92 Å². The number of fused-ring (bicyclic) bond motifs is 2. The zero-order valence-corrected chi connectivity index (χ0v) is 37.1. The van der Waals surface area contributed by atoms with E-state index in [2.05, 4.69) is 29.6 Å². The highest BCUT2D eigenvalue weighted by atomic mass is 32.2. The number of anilines is 2. The number of nitrogens with zero attached hydrogens (tertiary/aromatic N) is 7. The molecular formula is C44H55N9O6S2. The van der Waals surface area contributed by atoms with Gasteiger partial charge in [-0.15, -0.1) is 0 Å². The van der Waals surface area contributed by atoms with Crippen LogP contribution < -0.4 is 14.9 Å². The highest BCUT2D eigenvalue weighted by Gasteiger charge is 2.27. The van der Waals surface area contributed by atoms with Gasteiger partial charge in [0.15, 0.2) is 5.13 Å². The Balaban J connectivity index is 0.00000307. The van der Waals surface area contributed by atoms with E-state index in [1.165, 1.54) is 48.3 Å². The number of benzene rings is 1. The van der Waals surface area contributed by atoms with Crippen LogP contribution in [0.15, 0.2) is 54.9 Å². The normalized spacial score (nSPS) is 14.1. The first-order valence-electron chi connectivity index (χ1n) is 20.7. The molecule has 0 radical (unpaired) electrons. The average Bonchev–Trinajstić information content (AvgIpc) is 3.84. The van der Waals surface area contributed by atoms with Crippen molar-refractivity contribution in [3.05, 3.63) is 82.9 Å². The predicted octanol–water partition coefficient (Wildman–Crippen LogP) is 7.47. The van der Waals surface area contributed by atoms with Gasteiger partial charge < -0.3 is 24.4 Å². The second kappa shape index (κ2) is 20.9. The van der Waals surface area contributed by atoms with Crippen molar-refractivity contribution in [1.29, 1.82) is 0 Å². The summed E-state index contributed by atoms with van der Waals surface area (Å²) < 4.78 is 10.6. The van der Waals surface area contributed by atoms with Crippen molar-refractivity contribution in [1.82, 2.24) is 34.4 Å². The third-order valence-electron chi connectivity index (χ3n) is 10.7. The Labute approximate surface area is 364 Å². The maximum absolute atomic E-state index is 14.2. The summed E-state index contributed by atoms with van der Waals surface area (Å²) >= 11 is 2.49. The van der Waals surface area contributed by atoms with Crippen LogP contribution in [0.3, 0.4) is 0 Å². The molecule has 3 N–H and O–H groups in total. The Bertz CT molecular complexity index is 2280. The van der Waals surface area contributed by atoms with Gasteiger partial charge in [0.1, 0.15) is 33.7 Å². The largest absolute Gasteiger partial charge is 0.444 e. The third-order valence-corrected chi connectivity index (χ3v) is 12.3. The van der Waals surface area contributed by atoms with Crippen LogP contribution in [0.2, 0.25) is 0 Å². The van der Waals surface area contributed by atoms with Crippen molar-refractivity contribution in [3.63, 3.8) is 0 Å². The first-order valence-corrected chi connectivity index (χ1v) is 22.5. The number of rotatable bonds is 14. The topological polar surface area (TPSA) is 185 Å². The number of aliphatic hydroxyl groups excluding tert-OH is 1. The molecule has 1 aliphatic heterocycles. The van der Waals surface area contributed by atoms with E-state index in [9.17, 15) is 19.2 Å². The minimum absolute atomic E-state index is 0.179. The van der Waals surface area contributed by atoms with E-state index in [1.54, 1.807) is 27.0 Å². The van der Waals surface area contributed by atoms with Crippen LogP contribution in [-0.2, 0) is 29.0 Å². The molecule has 1 aromatic carbocycles. The van der Waals surface area contributed by atoms with Gasteiger partial charge >= 0.3 is 6.09 Å². The Morgan fingerprint density at radius 1 is 1.02 bits per heavy atom. The van der Waals surface area contributed by atoms with Gasteiger partial charge in [0, 0.05) is 80.6 Å². The maximum Gasteiger partial charge on any atom is 0.410 e. The van der Waals surface area contributed by atoms with Crippen molar-refractivity contribution in [3.8, 4) is 11.1 Å². The van der Waals surface area contributed by atoms with Gasteiger partial charge in [-0.25, -0.2) is 19.7 Å². The van der Waals surface area contributed by atoms with Crippen LogP contribution in [0.5, 0.6) is 0 Å². The number of aromatic nitrogens is 5. The minimum Gasteiger partial charge on any atom is -0.444 e.